The Morgan fingerprint density at radius 3 is 1.57 bits per heavy atom. The molecule has 5 aromatic rings. The van der Waals surface area contributed by atoms with Crippen molar-refractivity contribution < 1.29 is 109 Å². The van der Waals surface area contributed by atoms with E-state index in [0.717, 1.165) is 49.9 Å². The first-order chi connectivity index (χ1) is 58.7. The minimum absolute atomic E-state index is 0.0338. The fourth-order valence-electron chi connectivity index (χ4n) is 16.3. The number of nitrogens with one attached hydrogen (secondary N) is 9. The number of aliphatic hydroxyl groups excluding tert-OH is 5. The zero-order valence-corrected chi connectivity index (χ0v) is 74.8. The fourth-order valence-corrected chi connectivity index (χ4v) is 18.0. The normalized spacial score (nSPS) is 19.2. The first-order valence-electron chi connectivity index (χ1n) is 42.3. The van der Waals surface area contributed by atoms with E-state index < -0.39 is 170 Å². The number of fused-ring (bicyclic) bond motifs is 6. The van der Waals surface area contributed by atoms with Crippen molar-refractivity contribution in [1.82, 2.24) is 47.3 Å². The van der Waals surface area contributed by atoms with Gasteiger partial charge < -0.3 is 77.9 Å². The maximum absolute atomic E-state index is 14.6. The second-order valence-electron chi connectivity index (χ2n) is 34.9. The van der Waals surface area contributed by atoms with Gasteiger partial charge in [0.2, 0.25) is 68.7 Å². The van der Waals surface area contributed by atoms with E-state index in [1.807, 2.05) is 60.7 Å². The number of carbonyl (C=O) groups is 9. The maximum atomic E-state index is 14.6. The van der Waals surface area contributed by atoms with Crippen LogP contribution in [0.5, 0.6) is 0 Å². The van der Waals surface area contributed by atoms with Crippen LogP contribution >= 0.6 is 0 Å². The number of unbranched alkanes of at least 4 members (excludes halogenated alkanes) is 3. The molecule has 5 aromatic carbocycles. The van der Waals surface area contributed by atoms with Crippen LogP contribution in [0.4, 0.5) is 11.4 Å². The lowest BCUT2D eigenvalue weighted by Crippen LogP contribution is -2.65. The van der Waals surface area contributed by atoms with Crippen LogP contribution in [0.2, 0.25) is 0 Å². The van der Waals surface area contributed by atoms with Crippen molar-refractivity contribution in [2.75, 3.05) is 63.9 Å². The predicted molar refractivity (Wildman–Crippen MR) is 475 cm³/mol. The molecule has 1 saturated heterocycles. The van der Waals surface area contributed by atoms with Crippen molar-refractivity contribution in [3.63, 3.8) is 0 Å². The molecule has 3 heterocycles. The topological polar surface area (TPSA) is 487 Å². The van der Waals surface area contributed by atoms with Gasteiger partial charge in [-0.05, 0) is 136 Å². The number of hydrogen-bond donors (Lipinski definition) is 16. The van der Waals surface area contributed by atoms with Crippen LogP contribution < -0.4 is 47.3 Å². The number of aliphatic carboxylic acids is 1. The van der Waals surface area contributed by atoms with Crippen molar-refractivity contribution in [2.45, 2.75) is 201 Å². The quantitative estimate of drug-likeness (QED) is 0.0105. The third-order valence-corrected chi connectivity index (χ3v) is 26.3. The average molecular weight is 1770 g/mol. The highest BCUT2D eigenvalue weighted by atomic mass is 32.2. The predicted octanol–water partition coefficient (Wildman–Crippen LogP) is 5.06. The molecule has 3 aliphatic heterocycles. The van der Waals surface area contributed by atoms with Crippen molar-refractivity contribution in [1.29, 1.82) is 0 Å². The molecule has 0 aliphatic carbocycles. The third kappa shape index (κ3) is 25.8. The van der Waals surface area contributed by atoms with E-state index in [1.165, 1.54) is 47.1 Å². The fraction of sp³-hybridized carbons (Fsp3) is 0.505. The lowest BCUT2D eigenvalue weighted by Gasteiger charge is -2.50. The van der Waals surface area contributed by atoms with Crippen LogP contribution in [0.25, 0.3) is 21.5 Å². The van der Waals surface area contributed by atoms with E-state index in [-0.39, 0.29) is 74.6 Å². The summed E-state index contributed by atoms with van der Waals surface area (Å²) in [6.45, 7) is 18.4. The summed E-state index contributed by atoms with van der Waals surface area (Å²) in [5.41, 5.74) is 0.414. The molecular weight excluding hydrogens is 1650 g/mol. The van der Waals surface area contributed by atoms with E-state index in [4.69, 9.17) is 4.74 Å². The molecule has 10 atom stereocenters. The van der Waals surface area contributed by atoms with Gasteiger partial charge in [0.05, 0.1) is 81.0 Å². The van der Waals surface area contributed by atoms with Crippen LogP contribution in [0.3, 0.4) is 0 Å². The number of rotatable bonds is 46. The number of carboxylic acids is 1. The van der Waals surface area contributed by atoms with Crippen molar-refractivity contribution in [3.05, 3.63) is 168 Å². The Bertz CT molecular complexity index is 5180. The highest BCUT2D eigenvalue weighted by molar-refractivity contribution is 7.89. The molecule has 1 fully saturated rings. The lowest BCUT2D eigenvalue weighted by molar-refractivity contribution is -0.436. The summed E-state index contributed by atoms with van der Waals surface area (Å²) >= 11 is 0. The summed E-state index contributed by atoms with van der Waals surface area (Å²) in [7, 11) is -7.86. The van der Waals surface area contributed by atoms with E-state index >= 15 is 0 Å². The number of allylic oxidation sites excluding steroid dienone is 8. The Morgan fingerprint density at radius 1 is 0.528 bits per heavy atom. The number of carbonyl (C=O) groups excluding carboxylic acids is 8. The first kappa shape index (κ1) is 100. The molecule has 10 unspecified atom stereocenters. The minimum atomic E-state index is -4.09. The molecule has 8 rings (SSSR count). The Hall–Kier alpha value is -10.3. The van der Waals surface area contributed by atoms with E-state index in [9.17, 15) is 95.2 Å². The van der Waals surface area contributed by atoms with Crippen molar-refractivity contribution in [3.8, 4) is 0 Å². The third-order valence-electron chi connectivity index (χ3n) is 24.0. The lowest BCUT2D eigenvalue weighted by atomic mass is 9.52. The van der Waals surface area contributed by atoms with Crippen molar-refractivity contribution >= 4 is 118 Å². The summed E-state index contributed by atoms with van der Waals surface area (Å²) in [6, 6.07) is 29.2. The van der Waals surface area contributed by atoms with E-state index in [0.29, 0.717) is 44.3 Å². The van der Waals surface area contributed by atoms with Gasteiger partial charge in [-0.3, -0.25) is 47.7 Å². The number of sulfonamides is 1. The maximum Gasteiger partial charge on any atom is 0.308 e. The minimum Gasteiger partial charge on any atom is -0.481 e. The zero-order valence-electron chi connectivity index (χ0n) is 73.2. The molecular formula is C91H125N11O21S2+2. The number of benzene rings is 5. The average Bonchev–Trinajstić information content (AvgIpc) is 1.71. The Balaban J connectivity index is 0.841. The number of nitrogens with zero attached hydrogens (tertiary/aromatic N) is 2. The van der Waals surface area contributed by atoms with Gasteiger partial charge in [-0.2, -0.15) is 17.6 Å². The van der Waals surface area contributed by atoms with E-state index in [1.54, 1.807) is 44.2 Å². The molecule has 0 radical (unpaired) electrons. The highest BCUT2D eigenvalue weighted by Gasteiger charge is 2.63. The second kappa shape index (κ2) is 43.8. The van der Waals surface area contributed by atoms with Gasteiger partial charge in [-0.15, -0.1) is 0 Å². The standard InChI is InChI=1S/C91H123N11O21S2/c1-57(2)50-67(99-80(110)68(51-59-32-18-17-19-33-59)98-72(105)56-95-85(116)90(10,11)91(12,89(8,9)84(115)94-52-58(3)103)86(117)96-54-71(104)92-55-73(106)100-74-77(107)78(108)83(114)123-82(74)113)79(109)93-53-62(81(111)112)36-26-27-45-97-124(118,119)48-30-28-46-101-69(87(4,5)65-43-41-60-34-22-24-37-63(60)75(65)101)39-20-15-13-14-16-21-40-70-88(6,7)66-44-42-61-35-23-25-38-64(61)76(66)102(70)47-29-31-49-125(120,121)122/h13-25,32-35,37-44,57-58,62,67-68,74,77-78,82-83,97,103,107-108,113-114H,26-31,36,45-56H2,1-12H3,(H8-2,92,93,94,95,96,98,99,100,104,105,106,109,110,111,112,115,116,117,120,121,122)/p+2/b15-13+,16-14+,39-20+,40-21+. The molecule has 34 heteroatoms. The van der Waals surface area contributed by atoms with Crippen LogP contribution in [-0.2, 0) is 85.3 Å². The molecule has 0 spiro atoms. The van der Waals surface area contributed by atoms with Crippen LogP contribution in [0, 0.1) is 28.1 Å². The Morgan fingerprint density at radius 2 is 1.03 bits per heavy atom. The summed E-state index contributed by atoms with van der Waals surface area (Å²) in [4.78, 5) is 124. The molecule has 0 aromatic heterocycles. The molecule has 16 N–H and O–H groups in total. The number of aliphatic hydroxyl groups is 5. The largest absolute Gasteiger partial charge is 0.481 e. The molecule has 32 nitrogen and oxygen atoms in total. The van der Waals surface area contributed by atoms with Crippen LogP contribution in [0.15, 0.2) is 152 Å². The molecule has 3 aliphatic rings. The summed E-state index contributed by atoms with van der Waals surface area (Å²) in [6.07, 6.45) is 9.62. The zero-order chi connectivity index (χ0) is 92.2. The van der Waals surface area contributed by atoms with Gasteiger partial charge in [-0.1, -0.05) is 148 Å². The number of ether oxygens (including phenoxy) is 1. The van der Waals surface area contributed by atoms with Gasteiger partial charge in [0.25, 0.3) is 10.1 Å². The second-order valence-corrected chi connectivity index (χ2v) is 38.4. The molecule has 680 valence electrons. The number of amides is 8. The molecule has 125 heavy (non-hydrogen) atoms. The van der Waals surface area contributed by atoms with Gasteiger partial charge >= 0.3 is 5.97 Å². The van der Waals surface area contributed by atoms with Crippen molar-refractivity contribution in [2.24, 2.45) is 28.1 Å². The van der Waals surface area contributed by atoms with Gasteiger partial charge in [0.1, 0.15) is 43.4 Å². The summed E-state index contributed by atoms with van der Waals surface area (Å²) in [5.74, 6) is -10.2. The SMILES string of the molecule is CC(C)CC(NC(=O)C(Cc1ccccc1)NC(=O)CNC(=O)C(C)(C)C(C)(C(=O)NCC(=O)NCC(=O)NC1C(O)OC(O)C(O)C1O)C(C)(C)C(=O)NCC(C)O)C(=O)NCC(CCCCNS(=O)(=O)CCCC[N+]1=C(/C=C/C=C/C=C/C=C/C2=[N+](CCCCS(=O)(=O)O)c3c(ccc4ccccc34)C2(C)C)C(C)(C)c2ccc3ccccc3c21)C(=O)O. The highest BCUT2D eigenvalue weighted by Crippen LogP contribution is 2.53. The molecule has 0 bridgehead atoms. The monoisotopic (exact) mass is 1770 g/mol. The Labute approximate surface area is 731 Å². The first-order valence-corrected chi connectivity index (χ1v) is 45.6. The van der Waals surface area contributed by atoms with Gasteiger partial charge in [0, 0.05) is 62.2 Å². The number of carboxylic acid groups (broad SMARTS) is 1. The smallest absolute Gasteiger partial charge is 0.308 e. The summed E-state index contributed by atoms with van der Waals surface area (Å²) in [5, 5.41) is 84.6. The van der Waals surface area contributed by atoms with Gasteiger partial charge in [-0.25, -0.2) is 13.1 Å². The summed E-state index contributed by atoms with van der Waals surface area (Å²) < 4.78 is 71.7. The molecule has 8 amide bonds. The van der Waals surface area contributed by atoms with Crippen LogP contribution in [-0.4, -0.2) is 239 Å². The van der Waals surface area contributed by atoms with E-state index in [2.05, 4.69) is 145 Å². The van der Waals surface area contributed by atoms with Gasteiger partial charge in [0.15, 0.2) is 24.0 Å². The number of hydrogen-bond acceptors (Lipinski definition) is 19. The molecule has 0 saturated carbocycles. The Kier molecular flexibility index (Phi) is 35.1. The van der Waals surface area contributed by atoms with Crippen LogP contribution in [0.1, 0.15) is 151 Å².